The molecule has 98 valence electrons. The van der Waals surface area contributed by atoms with Crippen molar-refractivity contribution in [2.24, 2.45) is 0 Å². The number of hydrogen-bond acceptors (Lipinski definition) is 1. The predicted octanol–water partition coefficient (Wildman–Crippen LogP) is 3.21. The Balaban J connectivity index is 2.78. The van der Waals surface area contributed by atoms with E-state index in [9.17, 15) is 13.6 Å². The minimum atomic E-state index is -0.942. The Morgan fingerprint density at radius 1 is 1.11 bits per heavy atom. The Morgan fingerprint density at radius 3 is 2.42 bits per heavy atom. The van der Waals surface area contributed by atoms with Gasteiger partial charge in [0.1, 0.15) is 6.29 Å². The summed E-state index contributed by atoms with van der Waals surface area (Å²) < 4.78 is 28.0. The normalized spacial score (nSPS) is 10.6. The minimum Gasteiger partial charge on any atom is -0.298 e. The molecule has 2 aromatic rings. The molecule has 2 atom stereocenters. The van der Waals surface area contributed by atoms with Gasteiger partial charge in [-0.2, -0.15) is 0 Å². The lowest BCUT2D eigenvalue weighted by Gasteiger charge is -2.13. The topological polar surface area (TPSA) is 17.1 Å². The summed E-state index contributed by atoms with van der Waals surface area (Å²) in [4.78, 5) is 10.8. The van der Waals surface area contributed by atoms with Gasteiger partial charge >= 0.3 is 0 Å². The third-order valence-corrected chi connectivity index (χ3v) is 5.44. The summed E-state index contributed by atoms with van der Waals surface area (Å²) in [6.07, 6.45) is 0.667. The van der Waals surface area contributed by atoms with Gasteiger partial charge in [-0.15, -0.1) is 18.5 Å². The first-order chi connectivity index (χ1) is 8.97. The molecular formula is C13H9BrF2OP2. The second kappa shape index (κ2) is 5.75. The van der Waals surface area contributed by atoms with E-state index < -0.39 is 11.6 Å². The molecule has 1 nitrogen and oxygen atoms in total. The Bertz CT molecular complexity index is 645. The molecule has 0 N–H and O–H groups in total. The van der Waals surface area contributed by atoms with Gasteiger partial charge in [-0.05, 0) is 38.2 Å². The molecule has 0 saturated carbocycles. The lowest BCUT2D eigenvalue weighted by atomic mass is 10.0. The summed E-state index contributed by atoms with van der Waals surface area (Å²) in [6.45, 7) is 0. The van der Waals surface area contributed by atoms with Crippen LogP contribution in [0.5, 0.6) is 0 Å². The summed E-state index contributed by atoms with van der Waals surface area (Å²) in [5, 5.41) is 1.05. The maximum absolute atomic E-state index is 14.1. The summed E-state index contributed by atoms with van der Waals surface area (Å²) in [6, 6.07) is 6.39. The summed E-state index contributed by atoms with van der Waals surface area (Å²) >= 11 is 3.01. The molecule has 0 aromatic heterocycles. The van der Waals surface area contributed by atoms with Crippen molar-refractivity contribution < 1.29 is 13.6 Å². The van der Waals surface area contributed by atoms with Crippen LogP contribution in [0.4, 0.5) is 8.78 Å². The van der Waals surface area contributed by atoms with Crippen LogP contribution in [-0.4, -0.2) is 6.29 Å². The average molecular weight is 361 g/mol. The van der Waals surface area contributed by atoms with Gasteiger partial charge in [-0.1, -0.05) is 18.2 Å². The van der Waals surface area contributed by atoms with E-state index in [0.717, 1.165) is 0 Å². The molecule has 0 saturated heterocycles. The summed E-state index contributed by atoms with van der Waals surface area (Å²) in [7, 11) is 4.76. The van der Waals surface area contributed by atoms with E-state index in [4.69, 9.17) is 0 Å². The van der Waals surface area contributed by atoms with Crippen molar-refractivity contribution in [3.05, 3.63) is 45.9 Å². The predicted molar refractivity (Wildman–Crippen MR) is 83.6 cm³/mol. The van der Waals surface area contributed by atoms with Crippen LogP contribution >= 0.6 is 34.4 Å². The smallest absolute Gasteiger partial charge is 0.174 e. The van der Waals surface area contributed by atoms with Crippen molar-refractivity contribution >= 4 is 51.3 Å². The highest BCUT2D eigenvalue weighted by molar-refractivity contribution is 9.10. The van der Waals surface area contributed by atoms with Crippen molar-refractivity contribution in [2.75, 3.05) is 0 Å². The molecule has 6 heteroatoms. The van der Waals surface area contributed by atoms with E-state index in [2.05, 4.69) is 34.4 Å². The first-order valence-corrected chi connectivity index (χ1v) is 7.19. The van der Waals surface area contributed by atoms with Gasteiger partial charge in [-0.3, -0.25) is 4.79 Å². The summed E-state index contributed by atoms with van der Waals surface area (Å²) in [5.74, 6) is -1.88. The monoisotopic (exact) mass is 360 g/mol. The van der Waals surface area contributed by atoms with Crippen LogP contribution in [0.1, 0.15) is 10.4 Å². The Hall–Kier alpha value is -0.690. The average Bonchev–Trinajstić information content (AvgIpc) is 2.43. The number of hydrogen-bond donors (Lipinski definition) is 0. The van der Waals surface area contributed by atoms with Gasteiger partial charge in [0.2, 0.25) is 0 Å². The number of halogens is 3. The Labute approximate surface area is 122 Å². The van der Waals surface area contributed by atoms with Gasteiger partial charge < -0.3 is 0 Å². The SMILES string of the molecule is O=Cc1cccc(-c2c(F)c(F)c(Br)c(P)c2P)c1. The Morgan fingerprint density at radius 2 is 1.79 bits per heavy atom. The third-order valence-electron chi connectivity index (χ3n) is 2.71. The van der Waals surface area contributed by atoms with Crippen LogP contribution in [0.15, 0.2) is 28.7 Å². The highest BCUT2D eigenvalue weighted by Crippen LogP contribution is 2.29. The first kappa shape index (κ1) is 14.7. The minimum absolute atomic E-state index is 0.0790. The number of benzene rings is 2. The zero-order valence-corrected chi connectivity index (χ0v) is 13.5. The number of carbonyl (C=O) groups is 1. The zero-order chi connectivity index (χ0) is 14.2. The molecule has 0 spiro atoms. The molecule has 2 rings (SSSR count). The van der Waals surface area contributed by atoms with E-state index in [1.807, 2.05) is 0 Å². The fraction of sp³-hybridized carbons (Fsp3) is 0. The van der Waals surface area contributed by atoms with E-state index in [1.165, 1.54) is 6.07 Å². The van der Waals surface area contributed by atoms with Crippen LogP contribution in [0.3, 0.4) is 0 Å². The fourth-order valence-corrected chi connectivity index (χ4v) is 3.05. The molecule has 0 amide bonds. The molecule has 19 heavy (non-hydrogen) atoms. The number of rotatable bonds is 2. The molecule has 2 unspecified atom stereocenters. The summed E-state index contributed by atoms with van der Waals surface area (Å²) in [5.41, 5.74) is 1.01. The lowest BCUT2D eigenvalue weighted by Crippen LogP contribution is -2.20. The van der Waals surface area contributed by atoms with Crippen molar-refractivity contribution in [1.29, 1.82) is 0 Å². The van der Waals surface area contributed by atoms with E-state index in [0.29, 0.717) is 28.0 Å². The molecule has 0 aliphatic rings. The largest absolute Gasteiger partial charge is 0.298 e. The molecule has 0 radical (unpaired) electrons. The van der Waals surface area contributed by atoms with Crippen molar-refractivity contribution in [3.63, 3.8) is 0 Å². The van der Waals surface area contributed by atoms with Crippen LogP contribution in [0.2, 0.25) is 0 Å². The maximum atomic E-state index is 14.1. The molecule has 0 bridgehead atoms. The van der Waals surface area contributed by atoms with E-state index >= 15 is 0 Å². The number of carbonyl (C=O) groups excluding carboxylic acids is 1. The highest BCUT2D eigenvalue weighted by Gasteiger charge is 2.20. The first-order valence-electron chi connectivity index (χ1n) is 5.24. The molecule has 0 aliphatic carbocycles. The van der Waals surface area contributed by atoms with Crippen LogP contribution < -0.4 is 10.6 Å². The molecule has 0 aliphatic heterocycles. The molecule has 0 fully saturated rings. The Kier molecular flexibility index (Phi) is 4.45. The zero-order valence-electron chi connectivity index (χ0n) is 9.58. The van der Waals surface area contributed by atoms with Crippen molar-refractivity contribution in [2.45, 2.75) is 0 Å². The molecule has 0 heterocycles. The van der Waals surface area contributed by atoms with Crippen LogP contribution in [0, 0.1) is 11.6 Å². The standard InChI is InChI=1S/C13H9BrF2OP2/c14-9-11(16)10(15)8(12(18)13(9)19)7-3-1-2-6(4-7)5-17/h1-5H,18-19H2. The number of aldehydes is 1. The molecule has 2 aromatic carbocycles. The van der Waals surface area contributed by atoms with Gasteiger partial charge in [-0.25, -0.2) is 8.78 Å². The fourth-order valence-electron chi connectivity index (χ4n) is 1.75. The van der Waals surface area contributed by atoms with Crippen LogP contribution in [-0.2, 0) is 0 Å². The quantitative estimate of drug-likeness (QED) is 0.456. The lowest BCUT2D eigenvalue weighted by molar-refractivity contribution is 0.112. The van der Waals surface area contributed by atoms with E-state index in [-0.39, 0.29) is 10.0 Å². The van der Waals surface area contributed by atoms with Gasteiger partial charge in [0.25, 0.3) is 0 Å². The highest BCUT2D eigenvalue weighted by atomic mass is 79.9. The van der Waals surface area contributed by atoms with Crippen molar-refractivity contribution in [1.82, 2.24) is 0 Å². The van der Waals surface area contributed by atoms with Gasteiger partial charge in [0.15, 0.2) is 11.6 Å². The second-order valence-electron chi connectivity index (χ2n) is 3.89. The van der Waals surface area contributed by atoms with E-state index in [1.54, 1.807) is 18.2 Å². The molecular weight excluding hydrogens is 352 g/mol. The van der Waals surface area contributed by atoms with Crippen molar-refractivity contribution in [3.8, 4) is 11.1 Å². The maximum Gasteiger partial charge on any atom is 0.174 e. The van der Waals surface area contributed by atoms with Crippen LogP contribution in [0.25, 0.3) is 11.1 Å². The van der Waals surface area contributed by atoms with Gasteiger partial charge in [0.05, 0.1) is 4.47 Å². The second-order valence-corrected chi connectivity index (χ2v) is 5.84. The third kappa shape index (κ3) is 2.63. The van der Waals surface area contributed by atoms with Gasteiger partial charge in [0, 0.05) is 11.1 Å².